The molecule has 1 heterocycles. The molecule has 0 saturated heterocycles. The third kappa shape index (κ3) is 1.98. The summed E-state index contributed by atoms with van der Waals surface area (Å²) in [6.07, 6.45) is 0. The second kappa shape index (κ2) is 4.30. The molecule has 0 unspecified atom stereocenters. The van der Waals surface area contributed by atoms with Crippen LogP contribution in [-0.4, -0.2) is 4.98 Å². The van der Waals surface area contributed by atoms with E-state index in [9.17, 15) is 0 Å². The van der Waals surface area contributed by atoms with Crippen LogP contribution in [0.15, 0.2) is 45.3 Å². The van der Waals surface area contributed by atoms with Gasteiger partial charge in [-0.15, -0.1) is 0 Å². The average molecular weight is 324 g/mol. The number of oxazole rings is 1. The first-order chi connectivity index (χ1) is 8.63. The summed E-state index contributed by atoms with van der Waals surface area (Å²) in [5.41, 5.74) is 8.72. The number of aromatic nitrogens is 1. The van der Waals surface area contributed by atoms with Gasteiger partial charge in [0.1, 0.15) is 5.52 Å². The normalized spacial score (nSPS) is 11.0. The molecule has 3 nitrogen and oxygen atoms in total. The van der Waals surface area contributed by atoms with Crippen molar-refractivity contribution >= 4 is 44.3 Å². The molecule has 2 aromatic carbocycles. The van der Waals surface area contributed by atoms with Gasteiger partial charge in [0.15, 0.2) is 5.58 Å². The maximum atomic E-state index is 5.93. The second-order valence-electron chi connectivity index (χ2n) is 3.86. The summed E-state index contributed by atoms with van der Waals surface area (Å²) < 4.78 is 6.60. The van der Waals surface area contributed by atoms with Crippen molar-refractivity contribution in [1.29, 1.82) is 0 Å². The predicted molar refractivity (Wildman–Crippen MR) is 76.6 cm³/mol. The lowest BCUT2D eigenvalue weighted by Crippen LogP contribution is -1.89. The van der Waals surface area contributed by atoms with Crippen LogP contribution < -0.4 is 5.73 Å². The predicted octanol–water partition coefficient (Wildman–Crippen LogP) is 4.49. The largest absolute Gasteiger partial charge is 0.436 e. The lowest BCUT2D eigenvalue weighted by atomic mass is 10.2. The summed E-state index contributed by atoms with van der Waals surface area (Å²) in [5.74, 6) is 0.492. The Balaban J connectivity index is 2.22. The third-order valence-corrected chi connectivity index (χ3v) is 3.32. The number of nitrogen functional groups attached to an aromatic ring is 1. The number of fused-ring (bicyclic) bond motifs is 1. The number of halogens is 2. The van der Waals surface area contributed by atoms with Crippen LogP contribution >= 0.6 is 27.5 Å². The summed E-state index contributed by atoms with van der Waals surface area (Å²) >= 11 is 9.31. The molecule has 0 radical (unpaired) electrons. The molecule has 0 aliphatic rings. The van der Waals surface area contributed by atoms with E-state index in [4.69, 9.17) is 21.8 Å². The molecule has 3 rings (SSSR count). The molecule has 1 aromatic heterocycles. The maximum Gasteiger partial charge on any atom is 0.229 e. The summed E-state index contributed by atoms with van der Waals surface area (Å²) in [6.45, 7) is 0. The van der Waals surface area contributed by atoms with Crippen LogP contribution in [0.5, 0.6) is 0 Å². The Morgan fingerprint density at radius 1 is 1.17 bits per heavy atom. The monoisotopic (exact) mass is 322 g/mol. The van der Waals surface area contributed by atoms with Crippen LogP contribution in [0.3, 0.4) is 0 Å². The van der Waals surface area contributed by atoms with Gasteiger partial charge >= 0.3 is 0 Å². The molecule has 3 aromatic rings. The van der Waals surface area contributed by atoms with Crippen molar-refractivity contribution in [3.05, 3.63) is 45.9 Å². The highest BCUT2D eigenvalue weighted by Gasteiger charge is 2.11. The van der Waals surface area contributed by atoms with Crippen molar-refractivity contribution in [1.82, 2.24) is 4.98 Å². The molecule has 0 aliphatic carbocycles. The van der Waals surface area contributed by atoms with Gasteiger partial charge in [0.2, 0.25) is 5.89 Å². The molecule has 90 valence electrons. The van der Waals surface area contributed by atoms with E-state index in [2.05, 4.69) is 20.9 Å². The van der Waals surface area contributed by atoms with Gasteiger partial charge in [-0.2, -0.15) is 0 Å². The van der Waals surface area contributed by atoms with E-state index >= 15 is 0 Å². The number of hydrogen-bond acceptors (Lipinski definition) is 3. The second-order valence-corrected chi connectivity index (χ2v) is 5.21. The fourth-order valence-electron chi connectivity index (χ4n) is 1.73. The number of anilines is 1. The van der Waals surface area contributed by atoms with E-state index in [1.54, 1.807) is 18.2 Å². The van der Waals surface area contributed by atoms with E-state index in [0.717, 1.165) is 15.6 Å². The van der Waals surface area contributed by atoms with Gasteiger partial charge in [0.05, 0.1) is 5.56 Å². The van der Waals surface area contributed by atoms with E-state index in [1.165, 1.54) is 0 Å². The summed E-state index contributed by atoms with van der Waals surface area (Å²) in [7, 11) is 0. The Labute approximate surface area is 117 Å². The number of hydrogen-bond donors (Lipinski definition) is 1. The Bertz CT molecular complexity index is 739. The molecule has 0 amide bonds. The quantitative estimate of drug-likeness (QED) is 0.671. The average Bonchev–Trinajstić information content (AvgIpc) is 2.74. The van der Waals surface area contributed by atoms with E-state index in [-0.39, 0.29) is 0 Å². The topological polar surface area (TPSA) is 52.0 Å². The SMILES string of the molecule is Nc1ccc(Br)cc1-c1nc2ccc(Cl)cc2o1. The van der Waals surface area contributed by atoms with Gasteiger partial charge < -0.3 is 10.2 Å². The Morgan fingerprint density at radius 2 is 2.00 bits per heavy atom. The van der Waals surface area contributed by atoms with Crippen LogP contribution in [0.4, 0.5) is 5.69 Å². The molecule has 0 aliphatic heterocycles. The van der Waals surface area contributed by atoms with Gasteiger partial charge in [0, 0.05) is 21.2 Å². The highest BCUT2D eigenvalue weighted by molar-refractivity contribution is 9.10. The Hall–Kier alpha value is -1.52. The minimum absolute atomic E-state index is 0.492. The van der Waals surface area contributed by atoms with Crippen LogP contribution in [0, 0.1) is 0 Å². The highest BCUT2D eigenvalue weighted by atomic mass is 79.9. The van der Waals surface area contributed by atoms with E-state index in [0.29, 0.717) is 22.2 Å². The number of nitrogens with zero attached hydrogens (tertiary/aromatic N) is 1. The van der Waals surface area contributed by atoms with Crippen LogP contribution in [-0.2, 0) is 0 Å². The van der Waals surface area contributed by atoms with E-state index < -0.39 is 0 Å². The summed E-state index contributed by atoms with van der Waals surface area (Å²) in [6, 6.07) is 10.9. The lowest BCUT2D eigenvalue weighted by molar-refractivity contribution is 0.620. The van der Waals surface area contributed by atoms with Gasteiger partial charge in [-0.1, -0.05) is 27.5 Å². The molecule has 0 fully saturated rings. The number of benzene rings is 2. The van der Waals surface area contributed by atoms with Crippen molar-refractivity contribution in [2.24, 2.45) is 0 Å². The standard InChI is InChI=1S/C13H8BrClN2O/c14-7-1-3-10(16)9(5-7)13-17-11-4-2-8(15)6-12(11)18-13/h1-6H,16H2. The zero-order valence-electron chi connectivity index (χ0n) is 9.15. The van der Waals surface area contributed by atoms with Gasteiger partial charge in [-0.3, -0.25) is 0 Å². The summed E-state index contributed by atoms with van der Waals surface area (Å²) in [4.78, 5) is 4.40. The zero-order valence-corrected chi connectivity index (χ0v) is 11.5. The first kappa shape index (κ1) is 11.6. The minimum Gasteiger partial charge on any atom is -0.436 e. The smallest absolute Gasteiger partial charge is 0.229 e. The van der Waals surface area contributed by atoms with Crippen molar-refractivity contribution in [2.45, 2.75) is 0 Å². The number of rotatable bonds is 1. The van der Waals surface area contributed by atoms with Crippen LogP contribution in [0.25, 0.3) is 22.6 Å². The third-order valence-electron chi connectivity index (χ3n) is 2.60. The molecule has 0 atom stereocenters. The van der Waals surface area contributed by atoms with Crippen LogP contribution in [0.1, 0.15) is 0 Å². The zero-order chi connectivity index (χ0) is 12.7. The molecule has 0 saturated carbocycles. The highest BCUT2D eigenvalue weighted by Crippen LogP contribution is 2.31. The van der Waals surface area contributed by atoms with E-state index in [1.807, 2.05) is 18.2 Å². The molecule has 0 bridgehead atoms. The molecule has 0 spiro atoms. The fraction of sp³-hybridized carbons (Fsp3) is 0. The maximum absolute atomic E-state index is 5.93. The number of nitrogens with two attached hydrogens (primary N) is 1. The Morgan fingerprint density at radius 3 is 2.83 bits per heavy atom. The van der Waals surface area contributed by atoms with Gasteiger partial charge in [-0.05, 0) is 30.3 Å². The van der Waals surface area contributed by atoms with Crippen LogP contribution in [0.2, 0.25) is 5.02 Å². The van der Waals surface area contributed by atoms with Crippen molar-refractivity contribution in [2.75, 3.05) is 5.73 Å². The fourth-order valence-corrected chi connectivity index (χ4v) is 2.25. The first-order valence-corrected chi connectivity index (χ1v) is 6.42. The minimum atomic E-state index is 0.492. The molecule has 18 heavy (non-hydrogen) atoms. The van der Waals surface area contributed by atoms with Crippen molar-refractivity contribution < 1.29 is 4.42 Å². The van der Waals surface area contributed by atoms with Crippen molar-refractivity contribution in [3.8, 4) is 11.5 Å². The molecule has 2 N–H and O–H groups in total. The van der Waals surface area contributed by atoms with Crippen molar-refractivity contribution in [3.63, 3.8) is 0 Å². The van der Waals surface area contributed by atoms with Gasteiger partial charge in [-0.25, -0.2) is 4.98 Å². The lowest BCUT2D eigenvalue weighted by Gasteiger charge is -2.01. The first-order valence-electron chi connectivity index (χ1n) is 5.25. The molecular weight excluding hydrogens is 316 g/mol. The van der Waals surface area contributed by atoms with Gasteiger partial charge in [0.25, 0.3) is 0 Å². The molecule has 5 heteroatoms. The summed E-state index contributed by atoms with van der Waals surface area (Å²) in [5, 5.41) is 0.618. The molecular formula is C13H8BrClN2O. The Kier molecular flexibility index (Phi) is 2.76.